The summed E-state index contributed by atoms with van der Waals surface area (Å²) in [4.78, 5) is 12.5. The van der Waals surface area contributed by atoms with Gasteiger partial charge in [-0.1, -0.05) is 0 Å². The van der Waals surface area contributed by atoms with Gasteiger partial charge in [0.25, 0.3) is 10.1 Å². The lowest BCUT2D eigenvalue weighted by Gasteiger charge is -2.09. The third kappa shape index (κ3) is 8.33. The minimum absolute atomic E-state index is 0.0179. The zero-order valence-electron chi connectivity index (χ0n) is 8.26. The Bertz CT molecular complexity index is 273. The van der Waals surface area contributed by atoms with Crippen LogP contribution in [0.4, 0.5) is 0 Å². The third-order valence-corrected chi connectivity index (χ3v) is 3.41. The fourth-order valence-electron chi connectivity index (χ4n) is 0.649. The second-order valence-corrected chi connectivity index (χ2v) is 5.73. The van der Waals surface area contributed by atoms with Crippen molar-refractivity contribution in [3.63, 3.8) is 0 Å². The molecule has 0 radical (unpaired) electrons. The van der Waals surface area contributed by atoms with Gasteiger partial charge in [0.1, 0.15) is 0 Å². The Labute approximate surface area is 88.6 Å². The van der Waals surface area contributed by atoms with Crippen molar-refractivity contribution < 1.29 is 17.8 Å². The summed E-state index contributed by atoms with van der Waals surface area (Å²) in [6, 6.07) is 0. The molecule has 84 valence electrons. The van der Waals surface area contributed by atoms with Crippen LogP contribution in [0.1, 0.15) is 6.42 Å². The molecule has 0 aromatic rings. The van der Waals surface area contributed by atoms with Crippen molar-refractivity contribution in [2.24, 2.45) is 0 Å². The van der Waals surface area contributed by atoms with Crippen molar-refractivity contribution in [3.05, 3.63) is 0 Å². The van der Waals surface area contributed by atoms with Gasteiger partial charge in [-0.15, -0.1) is 0 Å². The Hall–Kier alpha value is -0.270. The molecule has 0 spiro atoms. The van der Waals surface area contributed by atoms with Crippen LogP contribution in [0.15, 0.2) is 0 Å². The van der Waals surface area contributed by atoms with Gasteiger partial charge in [-0.2, -0.15) is 20.2 Å². The molecule has 7 heteroatoms. The summed E-state index contributed by atoms with van der Waals surface area (Å²) in [5.74, 6) is 0.657. The number of amides is 1. The van der Waals surface area contributed by atoms with E-state index in [2.05, 4.69) is 0 Å². The zero-order chi connectivity index (χ0) is 11.2. The fraction of sp³-hybridized carbons (Fsp3) is 0.857. The summed E-state index contributed by atoms with van der Waals surface area (Å²) >= 11 is 1.34. The molecule has 0 aromatic heterocycles. The first-order chi connectivity index (χ1) is 6.33. The number of carbonyl (C=O) groups is 1. The molecule has 0 saturated heterocycles. The third-order valence-electron chi connectivity index (χ3n) is 1.44. The van der Waals surface area contributed by atoms with E-state index in [1.807, 2.05) is 0 Å². The predicted octanol–water partition coefficient (Wildman–Crippen LogP) is 0.0857. The van der Waals surface area contributed by atoms with E-state index >= 15 is 0 Å². The van der Waals surface area contributed by atoms with Crippen LogP contribution in [0.5, 0.6) is 0 Å². The highest BCUT2D eigenvalue weighted by molar-refractivity contribution is 8.00. The molecule has 0 aliphatic heterocycles. The molecule has 0 unspecified atom stereocenters. The molecule has 0 aliphatic rings. The highest BCUT2D eigenvalue weighted by Crippen LogP contribution is 2.04. The average Bonchev–Trinajstić information content (AvgIpc) is 2.01. The van der Waals surface area contributed by atoms with Crippen molar-refractivity contribution in [2.75, 3.05) is 31.4 Å². The highest BCUT2D eigenvalue weighted by atomic mass is 32.2. The van der Waals surface area contributed by atoms with Crippen LogP contribution in [0.3, 0.4) is 0 Å². The first-order valence-corrected chi connectivity index (χ1v) is 6.82. The lowest BCUT2D eigenvalue weighted by Crippen LogP contribution is -2.22. The first kappa shape index (κ1) is 13.7. The van der Waals surface area contributed by atoms with E-state index < -0.39 is 10.1 Å². The van der Waals surface area contributed by atoms with Crippen LogP contribution in [-0.2, 0) is 14.9 Å². The van der Waals surface area contributed by atoms with Gasteiger partial charge in [-0.25, -0.2) is 0 Å². The quantitative estimate of drug-likeness (QED) is 0.527. The van der Waals surface area contributed by atoms with E-state index in [0.29, 0.717) is 17.9 Å². The molecule has 0 saturated carbocycles. The smallest absolute Gasteiger partial charge is 0.265 e. The van der Waals surface area contributed by atoms with Crippen molar-refractivity contribution in [2.45, 2.75) is 6.42 Å². The zero-order valence-corrected chi connectivity index (χ0v) is 9.90. The molecule has 0 heterocycles. The number of thioether (sulfide) groups is 1. The van der Waals surface area contributed by atoms with E-state index in [-0.39, 0.29) is 11.7 Å². The van der Waals surface area contributed by atoms with Crippen molar-refractivity contribution >= 4 is 27.8 Å². The SMILES string of the molecule is CN(C)C(=O)CCSCCS(=O)(=O)O. The van der Waals surface area contributed by atoms with E-state index in [0.717, 1.165) is 0 Å². The molecule has 0 atom stereocenters. The van der Waals surface area contributed by atoms with Crippen LogP contribution < -0.4 is 0 Å². The number of rotatable bonds is 6. The van der Waals surface area contributed by atoms with Crippen LogP contribution >= 0.6 is 11.8 Å². The summed E-state index contributed by atoms with van der Waals surface area (Å²) < 4.78 is 29.0. The maximum absolute atomic E-state index is 11.0. The Morgan fingerprint density at radius 2 is 1.93 bits per heavy atom. The van der Waals surface area contributed by atoms with Gasteiger partial charge < -0.3 is 4.90 Å². The molecule has 1 N–H and O–H groups in total. The predicted molar refractivity (Wildman–Crippen MR) is 57.1 cm³/mol. The van der Waals surface area contributed by atoms with E-state index in [9.17, 15) is 13.2 Å². The maximum atomic E-state index is 11.0. The molecule has 0 aliphatic carbocycles. The topological polar surface area (TPSA) is 74.7 Å². The minimum Gasteiger partial charge on any atom is -0.349 e. The van der Waals surface area contributed by atoms with Gasteiger partial charge in [0.05, 0.1) is 5.75 Å². The molecule has 1 amide bonds. The first-order valence-electron chi connectivity index (χ1n) is 4.06. The largest absolute Gasteiger partial charge is 0.349 e. The lowest BCUT2D eigenvalue weighted by atomic mass is 10.4. The van der Waals surface area contributed by atoms with E-state index in [4.69, 9.17) is 4.55 Å². The molecule has 5 nitrogen and oxygen atoms in total. The summed E-state index contributed by atoms with van der Waals surface area (Å²) in [5, 5.41) is 0. The van der Waals surface area contributed by atoms with E-state index in [1.165, 1.54) is 16.7 Å². The summed E-state index contributed by atoms with van der Waals surface area (Å²) in [5.41, 5.74) is 0. The molecule has 0 fully saturated rings. The van der Waals surface area contributed by atoms with Crippen LogP contribution in [0, 0.1) is 0 Å². The summed E-state index contributed by atoms with van der Waals surface area (Å²) in [6.45, 7) is 0. The molecular formula is C7H15NO4S2. The normalized spacial score (nSPS) is 11.4. The van der Waals surface area contributed by atoms with Crippen LogP contribution in [-0.4, -0.2) is 55.1 Å². The number of hydrogen-bond acceptors (Lipinski definition) is 4. The standard InChI is InChI=1S/C7H15NO4S2/c1-8(2)7(9)3-4-13-5-6-14(10,11)12/h3-6H2,1-2H3,(H,10,11,12). The molecular weight excluding hydrogens is 226 g/mol. The van der Waals surface area contributed by atoms with Gasteiger partial charge in [0.2, 0.25) is 5.91 Å². The minimum atomic E-state index is -3.86. The maximum Gasteiger partial charge on any atom is 0.265 e. The van der Waals surface area contributed by atoms with Gasteiger partial charge in [-0.05, 0) is 0 Å². The Morgan fingerprint density at radius 3 is 2.36 bits per heavy atom. The number of nitrogens with zero attached hydrogens (tertiary/aromatic N) is 1. The van der Waals surface area contributed by atoms with Crippen molar-refractivity contribution in [1.29, 1.82) is 0 Å². The fourth-order valence-corrected chi connectivity index (χ4v) is 2.49. The highest BCUT2D eigenvalue weighted by Gasteiger charge is 2.06. The molecule has 0 rings (SSSR count). The Balaban J connectivity index is 3.44. The van der Waals surface area contributed by atoms with Gasteiger partial charge in [0, 0.05) is 32.0 Å². The van der Waals surface area contributed by atoms with Crippen LogP contribution in [0.2, 0.25) is 0 Å². The Kier molecular flexibility index (Phi) is 6.14. The summed E-state index contributed by atoms with van der Waals surface area (Å²) in [6.07, 6.45) is 0.392. The van der Waals surface area contributed by atoms with Gasteiger partial charge in [0.15, 0.2) is 0 Å². The number of hydrogen-bond donors (Lipinski definition) is 1. The van der Waals surface area contributed by atoms with Gasteiger partial charge >= 0.3 is 0 Å². The lowest BCUT2D eigenvalue weighted by molar-refractivity contribution is -0.128. The number of carbonyl (C=O) groups excluding carboxylic acids is 1. The Morgan fingerprint density at radius 1 is 1.36 bits per heavy atom. The molecule has 0 aromatic carbocycles. The van der Waals surface area contributed by atoms with E-state index in [1.54, 1.807) is 14.1 Å². The monoisotopic (exact) mass is 241 g/mol. The second-order valence-electron chi connectivity index (χ2n) is 2.94. The van der Waals surface area contributed by atoms with Crippen molar-refractivity contribution in [1.82, 2.24) is 4.90 Å². The molecule has 14 heavy (non-hydrogen) atoms. The average molecular weight is 241 g/mol. The van der Waals surface area contributed by atoms with Crippen molar-refractivity contribution in [3.8, 4) is 0 Å². The molecule has 0 bridgehead atoms. The second kappa shape index (κ2) is 6.26. The summed E-state index contributed by atoms with van der Waals surface area (Å²) in [7, 11) is -0.514. The van der Waals surface area contributed by atoms with Crippen LogP contribution in [0.25, 0.3) is 0 Å². The van der Waals surface area contributed by atoms with Gasteiger partial charge in [-0.3, -0.25) is 9.35 Å².